The largest absolute Gasteiger partial charge is 0.493 e. The summed E-state index contributed by atoms with van der Waals surface area (Å²) in [6, 6.07) is 3.29. The van der Waals surface area contributed by atoms with Crippen molar-refractivity contribution in [2.24, 2.45) is 5.14 Å². The van der Waals surface area contributed by atoms with Crippen LogP contribution in [0.3, 0.4) is 0 Å². The molecule has 1 unspecified atom stereocenters. The minimum Gasteiger partial charge on any atom is -0.493 e. The first-order valence-corrected chi connectivity index (χ1v) is 8.31. The van der Waals surface area contributed by atoms with Crippen LogP contribution >= 0.6 is 0 Å². The van der Waals surface area contributed by atoms with Gasteiger partial charge in [0.15, 0.2) is 0 Å². The van der Waals surface area contributed by atoms with Gasteiger partial charge in [0.05, 0.1) is 17.6 Å². The number of nitrogens with two attached hydrogens (primary N) is 1. The smallest absolute Gasteiger partial charge is 0.238 e. The van der Waals surface area contributed by atoms with E-state index in [1.165, 1.54) is 0 Å². The third-order valence-electron chi connectivity index (χ3n) is 3.50. The number of aryl methyl sites for hydroxylation is 2. The van der Waals surface area contributed by atoms with Gasteiger partial charge in [0.25, 0.3) is 0 Å². The zero-order chi connectivity index (χ0) is 14.8. The fourth-order valence-electron chi connectivity index (χ4n) is 2.40. The summed E-state index contributed by atoms with van der Waals surface area (Å²) in [6.45, 7) is 4.94. The first-order valence-electron chi connectivity index (χ1n) is 6.76. The summed E-state index contributed by atoms with van der Waals surface area (Å²) in [7, 11) is -3.68. The average Bonchev–Trinajstić information content (AvgIpc) is 2.84. The monoisotopic (exact) mass is 299 g/mol. The van der Waals surface area contributed by atoms with Crippen molar-refractivity contribution in [3.8, 4) is 5.75 Å². The molecule has 1 heterocycles. The van der Waals surface area contributed by atoms with E-state index in [4.69, 9.17) is 14.6 Å². The Kier molecular flexibility index (Phi) is 4.67. The molecule has 0 amide bonds. The van der Waals surface area contributed by atoms with Gasteiger partial charge in [-0.2, -0.15) is 0 Å². The highest BCUT2D eigenvalue weighted by molar-refractivity contribution is 7.89. The maximum Gasteiger partial charge on any atom is 0.238 e. The van der Waals surface area contributed by atoms with E-state index in [2.05, 4.69) is 0 Å². The van der Waals surface area contributed by atoms with Crippen LogP contribution in [0.15, 0.2) is 17.0 Å². The maximum absolute atomic E-state index is 11.4. The van der Waals surface area contributed by atoms with Crippen LogP contribution in [-0.4, -0.2) is 27.7 Å². The Morgan fingerprint density at radius 3 is 2.70 bits per heavy atom. The van der Waals surface area contributed by atoms with E-state index in [1.54, 1.807) is 19.1 Å². The normalized spacial score (nSPS) is 19.2. The predicted molar refractivity (Wildman–Crippen MR) is 76.4 cm³/mol. The predicted octanol–water partition coefficient (Wildman–Crippen LogP) is 1.90. The van der Waals surface area contributed by atoms with E-state index in [1.807, 2.05) is 6.92 Å². The van der Waals surface area contributed by atoms with Gasteiger partial charge in [-0.15, -0.1) is 0 Å². The van der Waals surface area contributed by atoms with Gasteiger partial charge < -0.3 is 9.47 Å². The molecule has 0 aliphatic carbocycles. The van der Waals surface area contributed by atoms with Crippen molar-refractivity contribution in [2.75, 3.05) is 13.2 Å². The molecule has 2 rings (SSSR count). The summed E-state index contributed by atoms with van der Waals surface area (Å²) >= 11 is 0. The Morgan fingerprint density at radius 1 is 1.35 bits per heavy atom. The van der Waals surface area contributed by atoms with Crippen LogP contribution in [0.25, 0.3) is 0 Å². The molecule has 0 bridgehead atoms. The van der Waals surface area contributed by atoms with Crippen molar-refractivity contribution in [3.05, 3.63) is 23.3 Å². The molecular formula is C14H21NO4S. The first kappa shape index (κ1) is 15.3. The fraction of sp³-hybridized carbons (Fsp3) is 0.571. The number of hydrogen-bond acceptors (Lipinski definition) is 4. The highest BCUT2D eigenvalue weighted by Crippen LogP contribution is 2.25. The van der Waals surface area contributed by atoms with Crippen LogP contribution in [0.5, 0.6) is 5.75 Å². The molecule has 1 aromatic rings. The van der Waals surface area contributed by atoms with Gasteiger partial charge in [-0.05, 0) is 49.9 Å². The van der Waals surface area contributed by atoms with E-state index in [-0.39, 0.29) is 4.90 Å². The summed E-state index contributed by atoms with van der Waals surface area (Å²) in [6.07, 6.45) is 3.35. The second-order valence-corrected chi connectivity index (χ2v) is 6.73. The molecular weight excluding hydrogens is 278 g/mol. The number of hydrogen-bond donors (Lipinski definition) is 1. The summed E-state index contributed by atoms with van der Waals surface area (Å²) < 4.78 is 34.1. The van der Waals surface area contributed by atoms with Crippen molar-refractivity contribution in [2.45, 2.75) is 44.1 Å². The van der Waals surface area contributed by atoms with Gasteiger partial charge >= 0.3 is 0 Å². The Hall–Kier alpha value is -1.11. The van der Waals surface area contributed by atoms with Crippen LogP contribution in [0.2, 0.25) is 0 Å². The molecule has 1 aromatic carbocycles. The lowest BCUT2D eigenvalue weighted by atomic mass is 10.1. The maximum atomic E-state index is 11.4. The molecule has 1 saturated heterocycles. The molecule has 2 N–H and O–H groups in total. The number of primary sulfonamides is 1. The third-order valence-corrected chi connectivity index (χ3v) is 4.55. The minimum absolute atomic E-state index is 0.154. The van der Waals surface area contributed by atoms with Crippen LogP contribution < -0.4 is 9.88 Å². The van der Waals surface area contributed by atoms with Crippen molar-refractivity contribution in [1.29, 1.82) is 0 Å². The Morgan fingerprint density at radius 2 is 2.10 bits per heavy atom. The molecule has 0 saturated carbocycles. The summed E-state index contributed by atoms with van der Waals surface area (Å²) in [5.41, 5.74) is 1.37. The van der Waals surface area contributed by atoms with E-state index < -0.39 is 10.0 Å². The molecule has 1 fully saturated rings. The summed E-state index contributed by atoms with van der Waals surface area (Å²) in [4.78, 5) is 0.154. The molecule has 0 spiro atoms. The van der Waals surface area contributed by atoms with E-state index in [0.717, 1.165) is 31.4 Å². The first-order chi connectivity index (χ1) is 9.38. The van der Waals surface area contributed by atoms with Crippen LogP contribution in [0, 0.1) is 13.8 Å². The lowest BCUT2D eigenvalue weighted by Crippen LogP contribution is -2.15. The van der Waals surface area contributed by atoms with Gasteiger partial charge in [-0.25, -0.2) is 13.6 Å². The van der Waals surface area contributed by atoms with Gasteiger partial charge in [-0.3, -0.25) is 0 Å². The highest BCUT2D eigenvalue weighted by Gasteiger charge is 2.17. The van der Waals surface area contributed by atoms with E-state index >= 15 is 0 Å². The molecule has 5 nitrogen and oxygen atoms in total. The van der Waals surface area contributed by atoms with Crippen molar-refractivity contribution < 1.29 is 17.9 Å². The number of benzene rings is 1. The zero-order valence-corrected chi connectivity index (χ0v) is 12.7. The summed E-state index contributed by atoms with van der Waals surface area (Å²) in [5.74, 6) is 0.702. The van der Waals surface area contributed by atoms with Crippen LogP contribution in [0.4, 0.5) is 0 Å². The Bertz CT molecular complexity index is 577. The SMILES string of the molecule is Cc1cc(S(N)(=O)=O)c(C)cc1OCCC1CCCO1. The zero-order valence-electron chi connectivity index (χ0n) is 11.9. The van der Waals surface area contributed by atoms with Gasteiger partial charge in [-0.1, -0.05) is 0 Å². The van der Waals surface area contributed by atoms with E-state index in [9.17, 15) is 8.42 Å². The second-order valence-electron chi connectivity index (χ2n) is 5.20. The van der Waals surface area contributed by atoms with Crippen molar-refractivity contribution in [3.63, 3.8) is 0 Å². The third kappa shape index (κ3) is 3.71. The molecule has 1 aliphatic rings. The van der Waals surface area contributed by atoms with Crippen LogP contribution in [-0.2, 0) is 14.8 Å². The van der Waals surface area contributed by atoms with Gasteiger partial charge in [0, 0.05) is 13.0 Å². The lowest BCUT2D eigenvalue weighted by molar-refractivity contribution is 0.0902. The number of sulfonamides is 1. The number of ether oxygens (including phenoxy) is 2. The average molecular weight is 299 g/mol. The summed E-state index contributed by atoms with van der Waals surface area (Å²) in [5, 5.41) is 5.17. The van der Waals surface area contributed by atoms with Gasteiger partial charge in [0.2, 0.25) is 10.0 Å². The molecule has 0 aromatic heterocycles. The minimum atomic E-state index is -3.68. The van der Waals surface area contributed by atoms with Crippen molar-refractivity contribution >= 4 is 10.0 Å². The molecule has 20 heavy (non-hydrogen) atoms. The van der Waals surface area contributed by atoms with Crippen molar-refractivity contribution in [1.82, 2.24) is 0 Å². The molecule has 1 aliphatic heterocycles. The molecule has 1 atom stereocenters. The quantitative estimate of drug-likeness (QED) is 0.900. The van der Waals surface area contributed by atoms with E-state index in [0.29, 0.717) is 24.0 Å². The van der Waals surface area contributed by atoms with Gasteiger partial charge in [0.1, 0.15) is 5.75 Å². The molecule has 0 radical (unpaired) electrons. The fourth-order valence-corrected chi connectivity index (χ4v) is 3.25. The Labute approximate surface area is 120 Å². The highest BCUT2D eigenvalue weighted by atomic mass is 32.2. The Balaban J connectivity index is 2.03. The lowest BCUT2D eigenvalue weighted by Gasteiger charge is -2.14. The molecule has 6 heteroatoms. The standard InChI is InChI=1S/C14H21NO4S/c1-10-9-14(20(15,16)17)11(2)8-13(10)19-7-5-12-4-3-6-18-12/h8-9,12H,3-7H2,1-2H3,(H2,15,16,17). The molecule has 112 valence electrons. The topological polar surface area (TPSA) is 78.6 Å². The number of rotatable bonds is 5. The second kappa shape index (κ2) is 6.11. The van der Waals surface area contributed by atoms with Crippen LogP contribution in [0.1, 0.15) is 30.4 Å².